The molecular formula is C12H20ClN3S. The maximum absolute atomic E-state index is 5.79. The molecule has 0 amide bonds. The lowest BCUT2D eigenvalue weighted by Gasteiger charge is -2.38. The Balaban J connectivity index is 1.83. The number of hydrogen-bond acceptors (Lipinski definition) is 4. The van der Waals surface area contributed by atoms with Crippen LogP contribution in [0.1, 0.15) is 38.6 Å². The predicted molar refractivity (Wildman–Crippen MR) is 72.4 cm³/mol. The summed E-state index contributed by atoms with van der Waals surface area (Å²) in [6.07, 6.45) is 2.58. The van der Waals surface area contributed by atoms with Crippen molar-refractivity contribution in [3.63, 3.8) is 0 Å². The van der Waals surface area contributed by atoms with Crippen molar-refractivity contribution in [2.45, 2.75) is 40.2 Å². The van der Waals surface area contributed by atoms with E-state index in [1.54, 1.807) is 0 Å². The van der Waals surface area contributed by atoms with Gasteiger partial charge >= 0.3 is 0 Å². The molecule has 1 fully saturated rings. The molecule has 1 aliphatic heterocycles. The highest BCUT2D eigenvalue weighted by Gasteiger charge is 2.28. The van der Waals surface area contributed by atoms with Gasteiger partial charge in [-0.05, 0) is 48.9 Å². The molecule has 0 bridgehead atoms. The Bertz CT molecular complexity index is 364. The molecule has 0 radical (unpaired) electrons. The van der Waals surface area contributed by atoms with Crippen LogP contribution in [-0.4, -0.2) is 28.2 Å². The van der Waals surface area contributed by atoms with Crippen LogP contribution in [0.5, 0.6) is 0 Å². The monoisotopic (exact) mass is 273 g/mol. The van der Waals surface area contributed by atoms with Gasteiger partial charge < -0.3 is 0 Å². The van der Waals surface area contributed by atoms with Crippen LogP contribution in [0.25, 0.3) is 0 Å². The number of likely N-dealkylation sites (tertiary alicyclic amines) is 1. The smallest absolute Gasteiger partial charge is 0.207 e. The van der Waals surface area contributed by atoms with Gasteiger partial charge in [0.15, 0.2) is 0 Å². The molecule has 0 N–H and O–H groups in total. The van der Waals surface area contributed by atoms with Crippen molar-refractivity contribution in [3.05, 3.63) is 9.47 Å². The van der Waals surface area contributed by atoms with E-state index in [0.29, 0.717) is 9.88 Å². The van der Waals surface area contributed by atoms with Gasteiger partial charge in [-0.3, -0.25) is 4.90 Å². The normalized spacial score (nSPS) is 19.8. The van der Waals surface area contributed by atoms with E-state index in [9.17, 15) is 0 Å². The van der Waals surface area contributed by atoms with Gasteiger partial charge in [0, 0.05) is 0 Å². The van der Waals surface area contributed by atoms with Crippen LogP contribution in [0.15, 0.2) is 0 Å². The minimum atomic E-state index is 0.443. The molecule has 2 heterocycles. The first kappa shape index (κ1) is 13.2. The van der Waals surface area contributed by atoms with Crippen LogP contribution in [0.3, 0.4) is 0 Å². The van der Waals surface area contributed by atoms with Crippen molar-refractivity contribution >= 4 is 22.9 Å². The first-order valence-corrected chi connectivity index (χ1v) is 7.35. The van der Waals surface area contributed by atoms with Gasteiger partial charge in [-0.2, -0.15) is 0 Å². The number of hydrogen-bond donors (Lipinski definition) is 0. The summed E-state index contributed by atoms with van der Waals surface area (Å²) >= 11 is 7.28. The SMILES string of the molecule is CC(C)(C)C1CCN(Cc2nnc(Cl)s2)CC1. The highest BCUT2D eigenvalue weighted by molar-refractivity contribution is 7.15. The molecule has 2 rings (SSSR count). The molecular weight excluding hydrogens is 254 g/mol. The molecule has 0 unspecified atom stereocenters. The van der Waals surface area contributed by atoms with E-state index in [4.69, 9.17) is 11.6 Å². The molecule has 17 heavy (non-hydrogen) atoms. The Labute approximate surface area is 112 Å². The lowest BCUT2D eigenvalue weighted by atomic mass is 9.75. The first-order chi connectivity index (χ1) is 7.95. The summed E-state index contributed by atoms with van der Waals surface area (Å²) in [6, 6.07) is 0. The molecule has 1 saturated heterocycles. The second-order valence-electron chi connectivity index (χ2n) is 5.87. The molecule has 0 aliphatic carbocycles. The fourth-order valence-electron chi connectivity index (χ4n) is 2.45. The average Bonchev–Trinajstić information content (AvgIpc) is 2.63. The van der Waals surface area contributed by atoms with Crippen molar-refractivity contribution in [3.8, 4) is 0 Å². The Hall–Kier alpha value is -0.190. The largest absolute Gasteiger partial charge is 0.297 e. The van der Waals surface area contributed by atoms with Crippen LogP contribution >= 0.6 is 22.9 Å². The molecule has 0 aromatic carbocycles. The minimum absolute atomic E-state index is 0.443. The van der Waals surface area contributed by atoms with Crippen LogP contribution in [0.4, 0.5) is 0 Å². The molecule has 96 valence electrons. The molecule has 0 atom stereocenters. The van der Waals surface area contributed by atoms with E-state index in [2.05, 4.69) is 35.9 Å². The average molecular weight is 274 g/mol. The topological polar surface area (TPSA) is 29.0 Å². The Morgan fingerprint density at radius 2 is 1.94 bits per heavy atom. The van der Waals surface area contributed by atoms with Gasteiger partial charge in [0.05, 0.1) is 6.54 Å². The minimum Gasteiger partial charge on any atom is -0.297 e. The number of halogens is 1. The van der Waals surface area contributed by atoms with Crippen molar-refractivity contribution in [1.29, 1.82) is 0 Å². The van der Waals surface area contributed by atoms with Crippen molar-refractivity contribution in [2.24, 2.45) is 11.3 Å². The van der Waals surface area contributed by atoms with E-state index >= 15 is 0 Å². The number of rotatable bonds is 2. The molecule has 0 spiro atoms. The van der Waals surface area contributed by atoms with Crippen LogP contribution in [-0.2, 0) is 6.54 Å². The van der Waals surface area contributed by atoms with Gasteiger partial charge in [-0.1, -0.05) is 32.1 Å². The Morgan fingerprint density at radius 1 is 1.29 bits per heavy atom. The summed E-state index contributed by atoms with van der Waals surface area (Å²) in [5.41, 5.74) is 0.443. The van der Waals surface area contributed by atoms with Crippen molar-refractivity contribution in [1.82, 2.24) is 15.1 Å². The van der Waals surface area contributed by atoms with Crippen LogP contribution < -0.4 is 0 Å². The zero-order valence-corrected chi connectivity index (χ0v) is 12.3. The number of aromatic nitrogens is 2. The lowest BCUT2D eigenvalue weighted by Crippen LogP contribution is -2.37. The zero-order valence-electron chi connectivity index (χ0n) is 10.7. The van der Waals surface area contributed by atoms with E-state index in [0.717, 1.165) is 17.5 Å². The Morgan fingerprint density at radius 3 is 2.41 bits per heavy atom. The standard InChI is InChI=1S/C12H20ClN3S/c1-12(2,3)9-4-6-16(7-5-9)8-10-14-15-11(13)17-10/h9H,4-8H2,1-3H3. The predicted octanol–water partition coefficient (Wildman–Crippen LogP) is 3.45. The summed E-state index contributed by atoms with van der Waals surface area (Å²) < 4.78 is 0.546. The second kappa shape index (κ2) is 5.21. The molecule has 1 aliphatic rings. The Kier molecular flexibility index (Phi) is 4.06. The third-order valence-electron chi connectivity index (χ3n) is 3.61. The maximum Gasteiger partial charge on any atom is 0.207 e. The van der Waals surface area contributed by atoms with E-state index in [1.165, 1.54) is 37.3 Å². The van der Waals surface area contributed by atoms with Crippen molar-refractivity contribution in [2.75, 3.05) is 13.1 Å². The summed E-state index contributed by atoms with van der Waals surface area (Å²) in [5.74, 6) is 0.844. The van der Waals surface area contributed by atoms with E-state index in [1.807, 2.05) is 0 Å². The number of piperidine rings is 1. The fraction of sp³-hybridized carbons (Fsp3) is 0.833. The summed E-state index contributed by atoms with van der Waals surface area (Å²) in [7, 11) is 0. The summed E-state index contributed by atoms with van der Waals surface area (Å²) in [4.78, 5) is 2.46. The molecule has 3 nitrogen and oxygen atoms in total. The van der Waals surface area contributed by atoms with Crippen LogP contribution in [0.2, 0.25) is 4.47 Å². The molecule has 0 saturated carbocycles. The summed E-state index contributed by atoms with van der Waals surface area (Å²) in [5, 5.41) is 8.95. The van der Waals surface area contributed by atoms with E-state index in [-0.39, 0.29) is 0 Å². The van der Waals surface area contributed by atoms with Gasteiger partial charge in [-0.15, -0.1) is 10.2 Å². The van der Waals surface area contributed by atoms with Gasteiger partial charge in [0.1, 0.15) is 5.01 Å². The van der Waals surface area contributed by atoms with Gasteiger partial charge in [0.25, 0.3) is 0 Å². The zero-order chi connectivity index (χ0) is 12.5. The van der Waals surface area contributed by atoms with Gasteiger partial charge in [0.2, 0.25) is 4.47 Å². The fourth-order valence-corrected chi connectivity index (χ4v) is 3.36. The second-order valence-corrected chi connectivity index (χ2v) is 7.51. The quantitative estimate of drug-likeness (QED) is 0.826. The lowest BCUT2D eigenvalue weighted by molar-refractivity contribution is 0.108. The van der Waals surface area contributed by atoms with E-state index < -0.39 is 0 Å². The highest BCUT2D eigenvalue weighted by atomic mass is 35.5. The highest BCUT2D eigenvalue weighted by Crippen LogP contribution is 2.34. The third-order valence-corrected chi connectivity index (χ3v) is 4.62. The first-order valence-electron chi connectivity index (χ1n) is 6.15. The van der Waals surface area contributed by atoms with Gasteiger partial charge in [-0.25, -0.2) is 0 Å². The molecule has 1 aromatic rings. The molecule has 5 heteroatoms. The van der Waals surface area contributed by atoms with Crippen molar-refractivity contribution < 1.29 is 0 Å². The number of nitrogens with zero attached hydrogens (tertiary/aromatic N) is 3. The maximum atomic E-state index is 5.79. The summed E-state index contributed by atoms with van der Waals surface area (Å²) in [6.45, 7) is 10.3. The third kappa shape index (κ3) is 3.63. The molecule has 1 aromatic heterocycles. The van der Waals surface area contributed by atoms with Crippen LogP contribution in [0, 0.1) is 11.3 Å².